The van der Waals surface area contributed by atoms with Crippen molar-refractivity contribution in [3.8, 4) is 0 Å². The highest BCUT2D eigenvalue weighted by molar-refractivity contribution is 5.76. The number of hydrogen-bond donors (Lipinski definition) is 0. The van der Waals surface area contributed by atoms with E-state index in [0.29, 0.717) is 17.5 Å². The molecular weight excluding hydrogens is 342 g/mol. The standard InChI is InChI=1S/C20H23N5O2/c26-20-18-8-4-5-9-19(18)21-22-25(20)27-15-14-23-10-12-24(13-11-23)16-17-6-2-1-3-7-17/h1-9H,10-16H2. The highest BCUT2D eigenvalue weighted by atomic mass is 16.7. The average Bonchev–Trinajstić information content (AvgIpc) is 2.72. The Labute approximate surface area is 157 Å². The Kier molecular flexibility index (Phi) is 5.41. The summed E-state index contributed by atoms with van der Waals surface area (Å²) in [5.74, 6) is 0. The van der Waals surface area contributed by atoms with Gasteiger partial charge in [-0.1, -0.05) is 42.5 Å². The van der Waals surface area contributed by atoms with Crippen molar-refractivity contribution in [3.63, 3.8) is 0 Å². The van der Waals surface area contributed by atoms with Gasteiger partial charge in [-0.15, -0.1) is 5.10 Å². The first-order valence-corrected chi connectivity index (χ1v) is 9.26. The number of hydrogen-bond acceptors (Lipinski definition) is 6. The van der Waals surface area contributed by atoms with Crippen molar-refractivity contribution in [2.24, 2.45) is 0 Å². The molecule has 3 aromatic rings. The molecular formula is C20H23N5O2. The molecule has 1 aliphatic heterocycles. The monoisotopic (exact) mass is 365 g/mol. The van der Waals surface area contributed by atoms with Crippen LogP contribution < -0.4 is 10.4 Å². The molecule has 0 N–H and O–H groups in total. The fourth-order valence-electron chi connectivity index (χ4n) is 3.33. The van der Waals surface area contributed by atoms with Gasteiger partial charge in [0.05, 0.1) is 5.39 Å². The minimum absolute atomic E-state index is 0.270. The third kappa shape index (κ3) is 4.32. The maximum absolute atomic E-state index is 12.3. The van der Waals surface area contributed by atoms with Crippen molar-refractivity contribution in [3.05, 3.63) is 70.5 Å². The molecule has 140 valence electrons. The second kappa shape index (κ2) is 8.28. The number of rotatable bonds is 6. The molecule has 27 heavy (non-hydrogen) atoms. The molecule has 0 spiro atoms. The van der Waals surface area contributed by atoms with Crippen LogP contribution in [0.25, 0.3) is 10.9 Å². The largest absolute Gasteiger partial charge is 0.391 e. The van der Waals surface area contributed by atoms with Crippen molar-refractivity contribution >= 4 is 10.9 Å². The summed E-state index contributed by atoms with van der Waals surface area (Å²) in [5.41, 5.74) is 1.66. The Morgan fingerprint density at radius 3 is 2.41 bits per heavy atom. The van der Waals surface area contributed by atoms with Gasteiger partial charge < -0.3 is 4.84 Å². The van der Waals surface area contributed by atoms with Crippen LogP contribution in [-0.2, 0) is 6.54 Å². The zero-order chi connectivity index (χ0) is 18.5. The quantitative estimate of drug-likeness (QED) is 0.650. The van der Waals surface area contributed by atoms with E-state index in [0.717, 1.165) is 44.1 Å². The first-order chi connectivity index (χ1) is 13.3. The predicted octanol–water partition coefficient (Wildman–Crippen LogP) is 1.04. The molecule has 0 radical (unpaired) electrons. The van der Waals surface area contributed by atoms with E-state index in [2.05, 4.69) is 44.4 Å². The Balaban J connectivity index is 1.25. The summed E-state index contributed by atoms with van der Waals surface area (Å²) in [6.07, 6.45) is 0. The van der Waals surface area contributed by atoms with Crippen LogP contribution >= 0.6 is 0 Å². The highest BCUT2D eigenvalue weighted by Gasteiger charge is 2.17. The van der Waals surface area contributed by atoms with Crippen molar-refractivity contribution < 1.29 is 4.84 Å². The lowest BCUT2D eigenvalue weighted by Gasteiger charge is -2.34. The number of piperazine rings is 1. The Morgan fingerprint density at radius 2 is 1.59 bits per heavy atom. The van der Waals surface area contributed by atoms with Gasteiger partial charge in [0.1, 0.15) is 12.1 Å². The van der Waals surface area contributed by atoms with Gasteiger partial charge in [0, 0.05) is 39.3 Å². The molecule has 0 aliphatic carbocycles. The maximum atomic E-state index is 12.3. The number of nitrogens with zero attached hydrogens (tertiary/aromatic N) is 5. The molecule has 0 unspecified atom stereocenters. The van der Waals surface area contributed by atoms with Crippen LogP contribution in [0.3, 0.4) is 0 Å². The molecule has 2 heterocycles. The molecule has 2 aromatic carbocycles. The maximum Gasteiger partial charge on any atom is 0.314 e. The van der Waals surface area contributed by atoms with E-state index in [-0.39, 0.29) is 5.56 Å². The molecule has 1 fully saturated rings. The molecule has 4 rings (SSSR count). The van der Waals surface area contributed by atoms with Gasteiger partial charge in [0.25, 0.3) is 0 Å². The van der Waals surface area contributed by atoms with Crippen LogP contribution in [0.4, 0.5) is 0 Å². The molecule has 0 amide bonds. The van der Waals surface area contributed by atoms with Crippen LogP contribution in [0.5, 0.6) is 0 Å². The molecule has 0 saturated carbocycles. The van der Waals surface area contributed by atoms with Crippen LogP contribution in [0.15, 0.2) is 59.4 Å². The van der Waals surface area contributed by atoms with E-state index >= 15 is 0 Å². The lowest BCUT2D eigenvalue weighted by Crippen LogP contribution is -2.47. The molecule has 7 heteroatoms. The molecule has 1 aromatic heterocycles. The first-order valence-electron chi connectivity index (χ1n) is 9.26. The topological polar surface area (TPSA) is 63.5 Å². The van der Waals surface area contributed by atoms with E-state index in [1.165, 1.54) is 5.56 Å². The summed E-state index contributed by atoms with van der Waals surface area (Å²) in [4.78, 5) is 23.7. The summed E-state index contributed by atoms with van der Waals surface area (Å²) in [6, 6.07) is 17.7. The fourth-order valence-corrected chi connectivity index (χ4v) is 3.33. The van der Waals surface area contributed by atoms with Crippen LogP contribution in [0.2, 0.25) is 0 Å². The second-order valence-electron chi connectivity index (χ2n) is 6.72. The van der Waals surface area contributed by atoms with Gasteiger partial charge in [-0.05, 0) is 27.8 Å². The van der Waals surface area contributed by atoms with Gasteiger partial charge in [-0.3, -0.25) is 14.6 Å². The number of fused-ring (bicyclic) bond motifs is 1. The Bertz CT molecular complexity index is 936. The van der Waals surface area contributed by atoms with Gasteiger partial charge >= 0.3 is 5.56 Å². The van der Waals surface area contributed by atoms with Gasteiger partial charge in [-0.2, -0.15) is 0 Å². The van der Waals surface area contributed by atoms with Crippen molar-refractivity contribution in [2.45, 2.75) is 6.54 Å². The summed E-state index contributed by atoms with van der Waals surface area (Å²) in [5, 5.41) is 8.39. The SMILES string of the molecule is O=c1c2ccccc2nnn1OCCN1CCN(Cc2ccccc2)CC1. The zero-order valence-electron chi connectivity index (χ0n) is 15.2. The smallest absolute Gasteiger partial charge is 0.314 e. The summed E-state index contributed by atoms with van der Waals surface area (Å²) >= 11 is 0. The fraction of sp³-hybridized carbons (Fsp3) is 0.350. The summed E-state index contributed by atoms with van der Waals surface area (Å²) < 4.78 is 0. The number of benzene rings is 2. The van der Waals surface area contributed by atoms with E-state index in [4.69, 9.17) is 4.84 Å². The van der Waals surface area contributed by atoms with Crippen LogP contribution in [-0.4, -0.2) is 64.3 Å². The molecule has 1 aliphatic rings. The minimum atomic E-state index is -0.270. The lowest BCUT2D eigenvalue weighted by atomic mass is 10.2. The third-order valence-electron chi connectivity index (χ3n) is 4.88. The van der Waals surface area contributed by atoms with E-state index in [1.807, 2.05) is 18.2 Å². The second-order valence-corrected chi connectivity index (χ2v) is 6.72. The summed E-state index contributed by atoms with van der Waals surface area (Å²) in [6.45, 7) is 6.22. The Hall–Kier alpha value is -2.77. The van der Waals surface area contributed by atoms with E-state index in [9.17, 15) is 4.79 Å². The van der Waals surface area contributed by atoms with E-state index in [1.54, 1.807) is 12.1 Å². The molecule has 0 bridgehead atoms. The summed E-state index contributed by atoms with van der Waals surface area (Å²) in [7, 11) is 0. The van der Waals surface area contributed by atoms with Gasteiger partial charge in [0.2, 0.25) is 0 Å². The predicted molar refractivity (Wildman–Crippen MR) is 103 cm³/mol. The van der Waals surface area contributed by atoms with Crippen LogP contribution in [0.1, 0.15) is 5.56 Å². The molecule has 0 atom stereocenters. The molecule has 7 nitrogen and oxygen atoms in total. The van der Waals surface area contributed by atoms with Crippen molar-refractivity contribution in [2.75, 3.05) is 39.3 Å². The first kappa shape index (κ1) is 17.6. The van der Waals surface area contributed by atoms with E-state index < -0.39 is 0 Å². The van der Waals surface area contributed by atoms with Gasteiger partial charge in [0.15, 0.2) is 0 Å². The third-order valence-corrected chi connectivity index (χ3v) is 4.88. The van der Waals surface area contributed by atoms with Crippen molar-refractivity contribution in [1.29, 1.82) is 0 Å². The van der Waals surface area contributed by atoms with Crippen molar-refractivity contribution in [1.82, 2.24) is 25.0 Å². The molecule has 1 saturated heterocycles. The van der Waals surface area contributed by atoms with Gasteiger partial charge in [-0.25, -0.2) is 0 Å². The zero-order valence-corrected chi connectivity index (χ0v) is 15.2. The normalized spacial score (nSPS) is 15.9. The Morgan fingerprint density at radius 1 is 0.889 bits per heavy atom. The van der Waals surface area contributed by atoms with Crippen LogP contribution in [0, 0.1) is 0 Å². The average molecular weight is 365 g/mol. The minimum Gasteiger partial charge on any atom is -0.391 e. The lowest BCUT2D eigenvalue weighted by molar-refractivity contribution is 0.0377. The number of aromatic nitrogens is 3. The highest BCUT2D eigenvalue weighted by Crippen LogP contribution is 2.08.